The number of rotatable bonds is 3. The van der Waals surface area contributed by atoms with E-state index in [0.717, 1.165) is 17.0 Å². The molecule has 130 valence electrons. The maximum absolute atomic E-state index is 12.7. The summed E-state index contributed by atoms with van der Waals surface area (Å²) in [5, 5.41) is 3.22. The Labute approximate surface area is 148 Å². The number of fused-ring (bicyclic) bond motifs is 1. The second-order valence-electron chi connectivity index (χ2n) is 6.96. The van der Waals surface area contributed by atoms with E-state index in [1.807, 2.05) is 25.1 Å². The molecule has 1 fully saturated rings. The van der Waals surface area contributed by atoms with Gasteiger partial charge < -0.3 is 10.2 Å². The fourth-order valence-corrected chi connectivity index (χ4v) is 4.64. The van der Waals surface area contributed by atoms with Crippen molar-refractivity contribution < 1.29 is 9.59 Å². The maximum atomic E-state index is 12.7. The molecule has 2 aliphatic rings. The Morgan fingerprint density at radius 2 is 2.12 bits per heavy atom. The van der Waals surface area contributed by atoms with Gasteiger partial charge in [-0.1, -0.05) is 26.7 Å². The average molecular weight is 346 g/mol. The lowest BCUT2D eigenvalue weighted by Crippen LogP contribution is -2.43. The molecule has 1 N–H and O–H groups in total. The van der Waals surface area contributed by atoms with Crippen molar-refractivity contribution in [2.45, 2.75) is 51.0 Å². The Hall–Kier alpha value is -1.49. The summed E-state index contributed by atoms with van der Waals surface area (Å²) in [4.78, 5) is 27.6. The summed E-state index contributed by atoms with van der Waals surface area (Å²) in [6.45, 7) is 7.10. The van der Waals surface area contributed by atoms with Crippen LogP contribution in [0.1, 0.15) is 50.4 Å². The molecule has 1 aliphatic heterocycles. The molecule has 0 bridgehead atoms. The molecule has 1 aliphatic carbocycles. The van der Waals surface area contributed by atoms with Gasteiger partial charge in [-0.15, -0.1) is 11.8 Å². The zero-order valence-corrected chi connectivity index (χ0v) is 15.5. The Bertz CT molecular complexity index is 646. The third kappa shape index (κ3) is 3.32. The fourth-order valence-electron chi connectivity index (χ4n) is 3.73. The summed E-state index contributed by atoms with van der Waals surface area (Å²) in [6.07, 6.45) is 3.48. The Morgan fingerprint density at radius 3 is 2.88 bits per heavy atom. The average Bonchev–Trinajstić information content (AvgIpc) is 2.58. The number of carbonyl (C=O) groups is 2. The van der Waals surface area contributed by atoms with E-state index < -0.39 is 0 Å². The van der Waals surface area contributed by atoms with Gasteiger partial charge in [0.2, 0.25) is 5.91 Å². The van der Waals surface area contributed by atoms with Crippen molar-refractivity contribution in [1.82, 2.24) is 5.32 Å². The summed E-state index contributed by atoms with van der Waals surface area (Å²) >= 11 is 1.55. The monoisotopic (exact) mass is 346 g/mol. The van der Waals surface area contributed by atoms with Crippen LogP contribution in [0.5, 0.6) is 0 Å². The van der Waals surface area contributed by atoms with E-state index in [9.17, 15) is 9.59 Å². The van der Waals surface area contributed by atoms with Crippen molar-refractivity contribution in [3.8, 4) is 0 Å². The number of anilines is 1. The molecular formula is C19H26N2O2S. The van der Waals surface area contributed by atoms with E-state index in [-0.39, 0.29) is 17.9 Å². The largest absolute Gasteiger partial charge is 0.349 e. The van der Waals surface area contributed by atoms with Crippen molar-refractivity contribution in [2.24, 2.45) is 11.8 Å². The summed E-state index contributed by atoms with van der Waals surface area (Å²) in [5.74, 6) is 1.72. The number of nitrogens with zero attached hydrogens (tertiary/aromatic N) is 1. The Morgan fingerprint density at radius 1 is 1.33 bits per heavy atom. The van der Waals surface area contributed by atoms with Crippen molar-refractivity contribution in [3.05, 3.63) is 23.8 Å². The molecule has 1 aromatic carbocycles. The van der Waals surface area contributed by atoms with Crippen LogP contribution >= 0.6 is 11.8 Å². The second kappa shape index (κ2) is 7.18. The highest BCUT2D eigenvalue weighted by Crippen LogP contribution is 2.36. The van der Waals surface area contributed by atoms with Crippen molar-refractivity contribution in [3.63, 3.8) is 0 Å². The van der Waals surface area contributed by atoms with Crippen LogP contribution in [0, 0.1) is 11.8 Å². The molecule has 3 rings (SSSR count). The van der Waals surface area contributed by atoms with Crippen molar-refractivity contribution >= 4 is 29.3 Å². The summed E-state index contributed by atoms with van der Waals surface area (Å²) in [7, 11) is 0. The smallest absolute Gasteiger partial charge is 0.251 e. The van der Waals surface area contributed by atoms with Gasteiger partial charge in [-0.3, -0.25) is 9.59 Å². The predicted molar refractivity (Wildman–Crippen MR) is 98.6 cm³/mol. The lowest BCUT2D eigenvalue weighted by Gasteiger charge is -2.34. The van der Waals surface area contributed by atoms with Gasteiger partial charge in [0.05, 0.1) is 11.4 Å². The molecule has 1 heterocycles. The molecule has 3 atom stereocenters. The molecule has 24 heavy (non-hydrogen) atoms. The minimum absolute atomic E-state index is 0.0252. The normalized spacial score (nSPS) is 26.9. The standard InChI is InChI=1S/C19H26N2O2S/c1-4-21-16-10-14(8-9-17(16)24-11-18(21)22)19(23)20-15-7-5-6-12(2)13(15)3/h8-10,12-13,15H,4-7,11H2,1-3H3,(H,20,23). The van der Waals surface area contributed by atoms with Crippen LogP contribution in [-0.4, -0.2) is 30.2 Å². The highest BCUT2D eigenvalue weighted by molar-refractivity contribution is 8.00. The van der Waals surface area contributed by atoms with Crippen LogP contribution in [0.3, 0.4) is 0 Å². The highest BCUT2D eigenvalue weighted by atomic mass is 32.2. The van der Waals surface area contributed by atoms with Crippen LogP contribution in [0.15, 0.2) is 23.1 Å². The maximum Gasteiger partial charge on any atom is 0.251 e. The number of hydrogen-bond donors (Lipinski definition) is 1. The van der Waals surface area contributed by atoms with Gasteiger partial charge >= 0.3 is 0 Å². The molecule has 1 saturated carbocycles. The predicted octanol–water partition coefficient (Wildman–Crippen LogP) is 3.70. The molecule has 5 heteroatoms. The zero-order chi connectivity index (χ0) is 17.3. The summed E-state index contributed by atoms with van der Waals surface area (Å²) in [5.41, 5.74) is 1.52. The fraction of sp³-hybridized carbons (Fsp3) is 0.579. The zero-order valence-electron chi connectivity index (χ0n) is 14.7. The lowest BCUT2D eigenvalue weighted by molar-refractivity contribution is -0.116. The van der Waals surface area contributed by atoms with E-state index in [2.05, 4.69) is 19.2 Å². The van der Waals surface area contributed by atoms with Crippen molar-refractivity contribution in [1.29, 1.82) is 0 Å². The van der Waals surface area contributed by atoms with E-state index >= 15 is 0 Å². The lowest BCUT2D eigenvalue weighted by atomic mass is 9.78. The van der Waals surface area contributed by atoms with Gasteiger partial charge in [0, 0.05) is 23.0 Å². The highest BCUT2D eigenvalue weighted by Gasteiger charge is 2.29. The quantitative estimate of drug-likeness (QED) is 0.908. The first-order chi connectivity index (χ1) is 11.5. The molecule has 0 radical (unpaired) electrons. The molecule has 4 nitrogen and oxygen atoms in total. The van der Waals surface area contributed by atoms with Crippen LogP contribution in [0.4, 0.5) is 5.69 Å². The molecule has 0 spiro atoms. The minimum atomic E-state index is -0.0252. The Balaban J connectivity index is 1.78. The van der Waals surface area contributed by atoms with Gasteiger partial charge in [-0.05, 0) is 43.4 Å². The first kappa shape index (κ1) is 17.3. The van der Waals surface area contributed by atoms with Gasteiger partial charge in [-0.25, -0.2) is 0 Å². The van der Waals surface area contributed by atoms with E-state index in [1.165, 1.54) is 12.8 Å². The van der Waals surface area contributed by atoms with Gasteiger partial charge in [0.15, 0.2) is 0 Å². The second-order valence-corrected chi connectivity index (χ2v) is 7.97. The van der Waals surface area contributed by atoms with E-state index in [1.54, 1.807) is 16.7 Å². The van der Waals surface area contributed by atoms with Crippen LogP contribution in [-0.2, 0) is 4.79 Å². The molecule has 0 saturated heterocycles. The van der Waals surface area contributed by atoms with Crippen molar-refractivity contribution in [2.75, 3.05) is 17.2 Å². The van der Waals surface area contributed by atoms with Crippen LogP contribution in [0.2, 0.25) is 0 Å². The number of hydrogen-bond acceptors (Lipinski definition) is 3. The number of benzene rings is 1. The third-order valence-corrected chi connectivity index (χ3v) is 6.55. The first-order valence-corrected chi connectivity index (χ1v) is 9.88. The molecule has 2 amide bonds. The number of thioether (sulfide) groups is 1. The van der Waals surface area contributed by atoms with Gasteiger partial charge in [-0.2, -0.15) is 0 Å². The van der Waals surface area contributed by atoms with Gasteiger partial charge in [0.1, 0.15) is 0 Å². The SMILES string of the molecule is CCN1C(=O)CSc2ccc(C(=O)NC3CCCC(C)C3C)cc21. The van der Waals surface area contributed by atoms with E-state index in [0.29, 0.717) is 29.7 Å². The molecule has 1 aromatic rings. The molecular weight excluding hydrogens is 320 g/mol. The minimum Gasteiger partial charge on any atom is -0.349 e. The summed E-state index contributed by atoms with van der Waals surface area (Å²) < 4.78 is 0. The summed E-state index contributed by atoms with van der Waals surface area (Å²) in [6, 6.07) is 5.96. The van der Waals surface area contributed by atoms with Crippen LogP contribution in [0.25, 0.3) is 0 Å². The number of carbonyl (C=O) groups excluding carboxylic acids is 2. The first-order valence-electron chi connectivity index (χ1n) is 8.89. The van der Waals surface area contributed by atoms with E-state index in [4.69, 9.17) is 0 Å². The molecule has 0 aromatic heterocycles. The Kier molecular flexibility index (Phi) is 5.18. The topological polar surface area (TPSA) is 49.4 Å². The third-order valence-electron chi connectivity index (χ3n) is 5.50. The number of nitrogens with one attached hydrogen (secondary N) is 1. The number of amides is 2. The molecule has 3 unspecified atom stereocenters. The van der Waals surface area contributed by atoms with Gasteiger partial charge in [0.25, 0.3) is 5.91 Å². The van der Waals surface area contributed by atoms with Crippen LogP contribution < -0.4 is 10.2 Å².